The fraction of sp³-hybridized carbons (Fsp3) is 1.00. The molecule has 3 N–H and O–H groups in total. The Morgan fingerprint density at radius 2 is 1.70 bits per heavy atom. The van der Waals surface area contributed by atoms with Crippen molar-refractivity contribution >= 4 is 0 Å². The van der Waals surface area contributed by atoms with Gasteiger partial charge in [0.1, 0.15) is 0 Å². The summed E-state index contributed by atoms with van der Waals surface area (Å²) < 4.78 is 0. The van der Waals surface area contributed by atoms with Crippen LogP contribution in [0.1, 0.15) is 6.42 Å². The van der Waals surface area contributed by atoms with Gasteiger partial charge in [0.25, 0.3) is 0 Å². The topological polar surface area (TPSA) is 36.1 Å². The number of rotatable bonds is 0. The van der Waals surface area contributed by atoms with Crippen LogP contribution >= 0.6 is 0 Å². The lowest BCUT2D eigenvalue weighted by molar-refractivity contribution is 0.223. The van der Waals surface area contributed by atoms with Crippen molar-refractivity contribution in [2.75, 3.05) is 32.7 Å². The molecule has 2 aliphatic heterocycles. The third kappa shape index (κ3) is 1.05. The van der Waals surface area contributed by atoms with Crippen molar-refractivity contribution in [3.05, 3.63) is 0 Å². The van der Waals surface area contributed by atoms with E-state index in [-0.39, 0.29) is 0 Å². The zero-order chi connectivity index (χ0) is 6.86. The summed E-state index contributed by atoms with van der Waals surface area (Å²) in [6, 6.07) is 0. The Morgan fingerprint density at radius 3 is 2.40 bits per heavy atom. The predicted octanol–water partition coefficient (Wildman–Crippen LogP) is -1.09. The van der Waals surface area contributed by atoms with Gasteiger partial charge in [0.05, 0.1) is 5.54 Å². The van der Waals surface area contributed by atoms with Crippen LogP contribution in [0.15, 0.2) is 0 Å². The van der Waals surface area contributed by atoms with E-state index in [1.807, 2.05) is 0 Å². The molecule has 0 amide bonds. The van der Waals surface area contributed by atoms with E-state index in [1.54, 1.807) is 0 Å². The summed E-state index contributed by atoms with van der Waals surface area (Å²) in [6.45, 7) is 5.77. The molecule has 0 saturated carbocycles. The first-order valence-electron chi connectivity index (χ1n) is 4.08. The largest absolute Gasteiger partial charge is 0.315 e. The molecule has 3 nitrogen and oxygen atoms in total. The van der Waals surface area contributed by atoms with Crippen molar-refractivity contribution in [3.63, 3.8) is 0 Å². The van der Waals surface area contributed by atoms with Crippen molar-refractivity contribution in [2.24, 2.45) is 0 Å². The quantitative estimate of drug-likeness (QED) is 0.401. The second-order valence-electron chi connectivity index (χ2n) is 3.34. The van der Waals surface area contributed by atoms with E-state index in [0.717, 1.165) is 19.6 Å². The third-order valence-corrected chi connectivity index (χ3v) is 2.42. The van der Waals surface area contributed by atoms with Crippen molar-refractivity contribution < 1.29 is 0 Å². The fourth-order valence-corrected chi connectivity index (χ4v) is 1.63. The summed E-state index contributed by atoms with van der Waals surface area (Å²) in [7, 11) is 0. The van der Waals surface area contributed by atoms with Crippen molar-refractivity contribution in [2.45, 2.75) is 12.0 Å². The van der Waals surface area contributed by atoms with Crippen LogP contribution in [0.25, 0.3) is 0 Å². The highest BCUT2D eigenvalue weighted by molar-refractivity contribution is 5.02. The lowest BCUT2D eigenvalue weighted by Gasteiger charge is -2.42. The number of hydrogen-bond acceptors (Lipinski definition) is 3. The minimum absolute atomic E-state index is 0.413. The van der Waals surface area contributed by atoms with Gasteiger partial charge in [-0.25, -0.2) is 0 Å². The Labute approximate surface area is 61.6 Å². The third-order valence-electron chi connectivity index (χ3n) is 2.42. The molecule has 0 atom stereocenters. The summed E-state index contributed by atoms with van der Waals surface area (Å²) in [5.41, 5.74) is 0.413. The first kappa shape index (κ1) is 6.58. The van der Waals surface area contributed by atoms with Crippen LogP contribution in [0.3, 0.4) is 0 Å². The minimum Gasteiger partial charge on any atom is -0.315 e. The zero-order valence-corrected chi connectivity index (χ0v) is 6.24. The van der Waals surface area contributed by atoms with E-state index in [4.69, 9.17) is 0 Å². The van der Waals surface area contributed by atoms with Gasteiger partial charge in [0.15, 0.2) is 0 Å². The molecule has 2 aliphatic rings. The summed E-state index contributed by atoms with van der Waals surface area (Å²) in [5, 5.41) is 10.3. The molecule has 2 rings (SSSR count). The molecule has 3 heteroatoms. The fourth-order valence-electron chi connectivity index (χ4n) is 1.63. The lowest BCUT2D eigenvalue weighted by atomic mass is 9.93. The van der Waals surface area contributed by atoms with Gasteiger partial charge in [-0.2, -0.15) is 0 Å². The number of hydrogen-bond donors (Lipinski definition) is 3. The highest BCUT2D eigenvalue weighted by Crippen LogP contribution is 2.10. The Bertz CT molecular complexity index is 110. The molecule has 0 aromatic carbocycles. The monoisotopic (exact) mass is 141 g/mol. The van der Waals surface area contributed by atoms with Gasteiger partial charge in [-0.05, 0) is 19.5 Å². The van der Waals surface area contributed by atoms with E-state index in [1.165, 1.54) is 19.5 Å². The second-order valence-corrected chi connectivity index (χ2v) is 3.34. The normalized spacial score (nSPS) is 31.2. The second kappa shape index (κ2) is 2.49. The molecule has 2 fully saturated rings. The Morgan fingerprint density at radius 1 is 0.900 bits per heavy atom. The number of nitrogens with one attached hydrogen (secondary N) is 3. The first-order chi connectivity index (χ1) is 4.91. The SMILES string of the molecule is C1CNCC2(CNC2)NC1. The predicted molar refractivity (Wildman–Crippen MR) is 41.1 cm³/mol. The Hall–Kier alpha value is -0.120. The van der Waals surface area contributed by atoms with Crippen LogP contribution in [0.4, 0.5) is 0 Å². The molecule has 58 valence electrons. The molecule has 0 unspecified atom stereocenters. The molecule has 2 saturated heterocycles. The summed E-state index contributed by atoms with van der Waals surface area (Å²) in [6.07, 6.45) is 1.27. The molecule has 0 aromatic rings. The van der Waals surface area contributed by atoms with Crippen molar-refractivity contribution in [1.29, 1.82) is 0 Å². The Balaban J connectivity index is 1.92. The summed E-state index contributed by atoms with van der Waals surface area (Å²) in [5.74, 6) is 0. The summed E-state index contributed by atoms with van der Waals surface area (Å²) >= 11 is 0. The van der Waals surface area contributed by atoms with Gasteiger partial charge in [0, 0.05) is 19.6 Å². The Kier molecular flexibility index (Phi) is 1.64. The van der Waals surface area contributed by atoms with Gasteiger partial charge in [-0.15, -0.1) is 0 Å². The molecule has 0 radical (unpaired) electrons. The average molecular weight is 141 g/mol. The standard InChI is InChI=1S/C7H15N3/c1-2-8-4-7(10-3-1)5-9-6-7/h8-10H,1-6H2. The van der Waals surface area contributed by atoms with E-state index < -0.39 is 0 Å². The van der Waals surface area contributed by atoms with E-state index in [9.17, 15) is 0 Å². The van der Waals surface area contributed by atoms with Crippen LogP contribution in [-0.4, -0.2) is 38.3 Å². The minimum atomic E-state index is 0.413. The molecular formula is C7H15N3. The van der Waals surface area contributed by atoms with Crippen LogP contribution < -0.4 is 16.0 Å². The van der Waals surface area contributed by atoms with Gasteiger partial charge >= 0.3 is 0 Å². The maximum atomic E-state index is 3.57. The molecular weight excluding hydrogens is 126 g/mol. The maximum absolute atomic E-state index is 3.57. The first-order valence-corrected chi connectivity index (χ1v) is 4.08. The van der Waals surface area contributed by atoms with Gasteiger partial charge in [0.2, 0.25) is 0 Å². The molecule has 0 bridgehead atoms. The highest BCUT2D eigenvalue weighted by Gasteiger charge is 2.36. The molecule has 1 spiro atoms. The highest BCUT2D eigenvalue weighted by atomic mass is 15.2. The zero-order valence-electron chi connectivity index (χ0n) is 6.24. The van der Waals surface area contributed by atoms with Crippen LogP contribution in [-0.2, 0) is 0 Å². The summed E-state index contributed by atoms with van der Waals surface area (Å²) in [4.78, 5) is 0. The molecule has 10 heavy (non-hydrogen) atoms. The van der Waals surface area contributed by atoms with Gasteiger partial charge in [-0.3, -0.25) is 0 Å². The maximum Gasteiger partial charge on any atom is 0.0558 e. The smallest absolute Gasteiger partial charge is 0.0558 e. The van der Waals surface area contributed by atoms with Crippen LogP contribution in [0, 0.1) is 0 Å². The van der Waals surface area contributed by atoms with E-state index in [2.05, 4.69) is 16.0 Å². The average Bonchev–Trinajstić information content (AvgIpc) is 2.08. The lowest BCUT2D eigenvalue weighted by Crippen LogP contribution is -2.70. The van der Waals surface area contributed by atoms with Crippen molar-refractivity contribution in [1.82, 2.24) is 16.0 Å². The van der Waals surface area contributed by atoms with Crippen molar-refractivity contribution in [3.8, 4) is 0 Å². The van der Waals surface area contributed by atoms with Crippen LogP contribution in [0.2, 0.25) is 0 Å². The van der Waals surface area contributed by atoms with E-state index >= 15 is 0 Å². The molecule has 2 heterocycles. The molecule has 0 aromatic heterocycles. The van der Waals surface area contributed by atoms with E-state index in [0.29, 0.717) is 5.54 Å². The molecule has 0 aliphatic carbocycles. The van der Waals surface area contributed by atoms with Gasteiger partial charge in [-0.1, -0.05) is 0 Å². The van der Waals surface area contributed by atoms with Crippen LogP contribution in [0.5, 0.6) is 0 Å². The van der Waals surface area contributed by atoms with Gasteiger partial charge < -0.3 is 16.0 Å².